The highest BCUT2D eigenvalue weighted by atomic mass is 32.1. The van der Waals surface area contributed by atoms with Gasteiger partial charge in [0.1, 0.15) is 0 Å². The number of rotatable bonds is 5. The predicted molar refractivity (Wildman–Crippen MR) is 112 cm³/mol. The molecule has 28 heavy (non-hydrogen) atoms. The molecule has 0 unspecified atom stereocenters. The van der Waals surface area contributed by atoms with Crippen LogP contribution in [0.2, 0.25) is 0 Å². The molecule has 7 heteroatoms. The molecule has 2 heterocycles. The number of nitrogens with one attached hydrogen (secondary N) is 1. The Morgan fingerprint density at radius 3 is 2.71 bits per heavy atom. The molecule has 136 valence electrons. The van der Waals surface area contributed by atoms with Crippen molar-refractivity contribution in [2.75, 3.05) is 11.1 Å². The van der Waals surface area contributed by atoms with Crippen molar-refractivity contribution in [1.82, 2.24) is 15.0 Å². The number of thiazole rings is 1. The van der Waals surface area contributed by atoms with Crippen LogP contribution in [0.5, 0.6) is 0 Å². The Morgan fingerprint density at radius 2 is 1.89 bits per heavy atom. The van der Waals surface area contributed by atoms with E-state index in [-0.39, 0.29) is 0 Å². The first-order valence-corrected chi connectivity index (χ1v) is 9.42. The molecule has 0 saturated carbocycles. The van der Waals surface area contributed by atoms with Crippen LogP contribution < -0.4 is 11.1 Å². The van der Waals surface area contributed by atoms with Gasteiger partial charge in [-0.2, -0.15) is 5.26 Å². The molecule has 0 bridgehead atoms. The molecule has 0 spiro atoms. The maximum absolute atomic E-state index is 8.87. The van der Waals surface area contributed by atoms with Crippen LogP contribution in [0.1, 0.15) is 5.56 Å². The van der Waals surface area contributed by atoms with Crippen molar-refractivity contribution in [2.24, 2.45) is 0 Å². The van der Waals surface area contributed by atoms with Crippen molar-refractivity contribution < 1.29 is 0 Å². The van der Waals surface area contributed by atoms with Gasteiger partial charge in [0.2, 0.25) is 5.95 Å². The van der Waals surface area contributed by atoms with Gasteiger partial charge in [0, 0.05) is 17.4 Å². The average Bonchev–Trinajstić information content (AvgIpc) is 3.11. The number of nitrogen functional groups attached to an aromatic ring is 1. The summed E-state index contributed by atoms with van der Waals surface area (Å²) < 4.78 is 0. The molecule has 0 radical (unpaired) electrons. The zero-order valence-corrected chi connectivity index (χ0v) is 15.6. The first kappa shape index (κ1) is 17.6. The summed E-state index contributed by atoms with van der Waals surface area (Å²) in [5.74, 6) is 0.470. The molecule has 4 aromatic rings. The van der Waals surface area contributed by atoms with Gasteiger partial charge in [-0.25, -0.2) is 15.0 Å². The Hall–Kier alpha value is -3.76. The summed E-state index contributed by atoms with van der Waals surface area (Å²) in [6, 6.07) is 21.5. The summed E-state index contributed by atoms with van der Waals surface area (Å²) in [5, 5.41) is 12.6. The second-order valence-corrected chi connectivity index (χ2v) is 7.05. The van der Waals surface area contributed by atoms with E-state index in [4.69, 9.17) is 11.0 Å². The standard InChI is InChI=1S/C21H16N6S/c22-11-9-14-5-4-8-16(13-14)25-21-24-12-10-17(26-21)19-18(27-20(23)28-19)15-6-2-1-3-7-15/h1-8,10,12-13H,9H2,(H2,23,27)(H,24,25,26). The minimum atomic E-state index is 0.358. The lowest BCUT2D eigenvalue weighted by Crippen LogP contribution is -1.98. The van der Waals surface area contributed by atoms with Crippen molar-refractivity contribution in [1.29, 1.82) is 5.26 Å². The van der Waals surface area contributed by atoms with E-state index in [0.29, 0.717) is 17.5 Å². The third-order valence-electron chi connectivity index (χ3n) is 4.05. The molecule has 0 atom stereocenters. The molecular formula is C21H16N6S. The van der Waals surface area contributed by atoms with E-state index in [1.165, 1.54) is 11.3 Å². The predicted octanol–water partition coefficient (Wildman–Crippen LogP) is 4.66. The highest BCUT2D eigenvalue weighted by molar-refractivity contribution is 7.19. The lowest BCUT2D eigenvalue weighted by Gasteiger charge is -2.07. The molecule has 6 nitrogen and oxygen atoms in total. The SMILES string of the molecule is N#CCc1cccc(Nc2nccc(-c3sc(N)nc3-c3ccccc3)n2)c1. The van der Waals surface area contributed by atoms with Crippen LogP contribution in [0, 0.1) is 11.3 Å². The molecule has 0 aliphatic heterocycles. The Balaban J connectivity index is 1.67. The number of anilines is 3. The topological polar surface area (TPSA) is 101 Å². The van der Waals surface area contributed by atoms with Crippen molar-refractivity contribution in [3.8, 4) is 27.9 Å². The minimum Gasteiger partial charge on any atom is -0.375 e. The number of hydrogen-bond donors (Lipinski definition) is 2. The second kappa shape index (κ2) is 7.86. The third-order valence-corrected chi connectivity index (χ3v) is 4.95. The van der Waals surface area contributed by atoms with Crippen LogP contribution in [0.15, 0.2) is 66.9 Å². The lowest BCUT2D eigenvalue weighted by atomic mass is 10.1. The molecule has 0 aliphatic rings. The highest BCUT2D eigenvalue weighted by Crippen LogP contribution is 2.37. The maximum Gasteiger partial charge on any atom is 0.227 e. The Kier molecular flexibility index (Phi) is 4.95. The smallest absolute Gasteiger partial charge is 0.227 e. The molecule has 0 aliphatic carbocycles. The number of hydrogen-bond acceptors (Lipinski definition) is 7. The zero-order chi connectivity index (χ0) is 19.3. The lowest BCUT2D eigenvalue weighted by molar-refractivity contribution is 1.17. The second-order valence-electron chi connectivity index (χ2n) is 6.02. The van der Waals surface area contributed by atoms with E-state index in [1.54, 1.807) is 6.20 Å². The Morgan fingerprint density at radius 1 is 1.04 bits per heavy atom. The Bertz CT molecular complexity index is 1150. The monoisotopic (exact) mass is 384 g/mol. The number of nitrogens with two attached hydrogens (primary N) is 1. The number of nitrogens with zero attached hydrogens (tertiary/aromatic N) is 4. The van der Waals surface area contributed by atoms with Crippen LogP contribution >= 0.6 is 11.3 Å². The van der Waals surface area contributed by atoms with E-state index >= 15 is 0 Å². The van der Waals surface area contributed by atoms with E-state index in [0.717, 1.165) is 33.1 Å². The molecule has 3 N–H and O–H groups in total. The number of nitriles is 1. The van der Waals surface area contributed by atoms with Gasteiger partial charge < -0.3 is 11.1 Å². The first-order chi connectivity index (χ1) is 13.7. The first-order valence-electron chi connectivity index (χ1n) is 8.61. The molecule has 2 aromatic heterocycles. The fourth-order valence-electron chi connectivity index (χ4n) is 2.83. The third kappa shape index (κ3) is 3.82. The van der Waals surface area contributed by atoms with Gasteiger partial charge in [0.15, 0.2) is 5.13 Å². The van der Waals surface area contributed by atoms with Crippen molar-refractivity contribution in [3.05, 3.63) is 72.4 Å². The molecule has 0 saturated heterocycles. The van der Waals surface area contributed by atoms with Crippen molar-refractivity contribution in [3.63, 3.8) is 0 Å². The van der Waals surface area contributed by atoms with Gasteiger partial charge in [-0.1, -0.05) is 53.8 Å². The van der Waals surface area contributed by atoms with Gasteiger partial charge >= 0.3 is 0 Å². The van der Waals surface area contributed by atoms with E-state index < -0.39 is 0 Å². The molecule has 2 aromatic carbocycles. The van der Waals surface area contributed by atoms with E-state index in [9.17, 15) is 0 Å². The summed E-state index contributed by atoms with van der Waals surface area (Å²) in [4.78, 5) is 14.3. The van der Waals surface area contributed by atoms with E-state index in [2.05, 4.69) is 26.3 Å². The summed E-state index contributed by atoms with van der Waals surface area (Å²) >= 11 is 1.40. The fourth-order valence-corrected chi connectivity index (χ4v) is 3.65. The summed E-state index contributed by atoms with van der Waals surface area (Å²) in [5.41, 5.74) is 10.3. The summed E-state index contributed by atoms with van der Waals surface area (Å²) in [7, 11) is 0. The molecule has 0 fully saturated rings. The van der Waals surface area contributed by atoms with Crippen LogP contribution in [0.3, 0.4) is 0 Å². The van der Waals surface area contributed by atoms with Crippen LogP contribution in [0.4, 0.5) is 16.8 Å². The quantitative estimate of drug-likeness (QED) is 0.519. The fraction of sp³-hybridized carbons (Fsp3) is 0.0476. The van der Waals surface area contributed by atoms with Gasteiger partial charge in [0.05, 0.1) is 28.8 Å². The van der Waals surface area contributed by atoms with Crippen LogP contribution in [-0.2, 0) is 6.42 Å². The highest BCUT2D eigenvalue weighted by Gasteiger charge is 2.15. The summed E-state index contributed by atoms with van der Waals surface area (Å²) in [6.45, 7) is 0. The minimum absolute atomic E-state index is 0.358. The van der Waals surface area contributed by atoms with Crippen LogP contribution in [0.25, 0.3) is 21.8 Å². The normalized spacial score (nSPS) is 10.4. The van der Waals surface area contributed by atoms with Crippen molar-refractivity contribution in [2.45, 2.75) is 6.42 Å². The Labute approximate surface area is 166 Å². The molecular weight excluding hydrogens is 368 g/mol. The van der Waals surface area contributed by atoms with Gasteiger partial charge in [-0.15, -0.1) is 0 Å². The van der Waals surface area contributed by atoms with Crippen LogP contribution in [-0.4, -0.2) is 15.0 Å². The average molecular weight is 384 g/mol. The summed E-state index contributed by atoms with van der Waals surface area (Å²) in [6.07, 6.45) is 2.06. The molecule has 0 amide bonds. The van der Waals surface area contributed by atoms with Gasteiger partial charge in [-0.05, 0) is 23.8 Å². The maximum atomic E-state index is 8.87. The van der Waals surface area contributed by atoms with Gasteiger partial charge in [0.25, 0.3) is 0 Å². The molecule has 4 rings (SSSR count). The zero-order valence-electron chi connectivity index (χ0n) is 14.8. The number of benzene rings is 2. The number of aromatic nitrogens is 3. The van der Waals surface area contributed by atoms with Crippen molar-refractivity contribution >= 4 is 28.1 Å². The largest absolute Gasteiger partial charge is 0.375 e. The van der Waals surface area contributed by atoms with Gasteiger partial charge in [-0.3, -0.25) is 0 Å². The van der Waals surface area contributed by atoms with E-state index in [1.807, 2.05) is 60.7 Å².